The average Bonchev–Trinajstić information content (AvgIpc) is 3.33. The van der Waals surface area contributed by atoms with Gasteiger partial charge in [0.25, 0.3) is 5.91 Å². The number of hydrogen-bond donors (Lipinski definition) is 0. The van der Waals surface area contributed by atoms with Crippen LogP contribution >= 0.6 is 11.3 Å². The molecule has 0 bridgehead atoms. The largest absolute Gasteiger partial charge is 0.442 e. The van der Waals surface area contributed by atoms with Gasteiger partial charge in [0.1, 0.15) is 0 Å². The number of hydrogen-bond acceptors (Lipinski definition) is 6. The Kier molecular flexibility index (Phi) is 4.00. The lowest BCUT2D eigenvalue weighted by Gasteiger charge is -2.35. The van der Waals surface area contributed by atoms with Gasteiger partial charge in [0.15, 0.2) is 17.8 Å². The van der Waals surface area contributed by atoms with Crippen LogP contribution in [0.2, 0.25) is 0 Å². The molecule has 0 N–H and O–H groups in total. The molecule has 0 atom stereocenters. The van der Waals surface area contributed by atoms with E-state index in [1.54, 1.807) is 12.4 Å². The van der Waals surface area contributed by atoms with Crippen molar-refractivity contribution in [2.75, 3.05) is 31.1 Å². The molecule has 7 heteroatoms. The van der Waals surface area contributed by atoms with Crippen LogP contribution in [0.3, 0.4) is 0 Å². The summed E-state index contributed by atoms with van der Waals surface area (Å²) in [6.45, 7) is 2.92. The third-order valence-corrected chi connectivity index (χ3v) is 4.98. The first kappa shape index (κ1) is 14.9. The van der Waals surface area contributed by atoms with E-state index in [-0.39, 0.29) is 5.91 Å². The molecule has 1 amide bonds. The van der Waals surface area contributed by atoms with E-state index in [9.17, 15) is 4.79 Å². The van der Waals surface area contributed by atoms with Crippen LogP contribution in [0.5, 0.6) is 0 Å². The Labute approximate surface area is 143 Å². The van der Waals surface area contributed by atoms with Crippen LogP contribution < -0.4 is 4.90 Å². The van der Waals surface area contributed by atoms with E-state index in [4.69, 9.17) is 4.42 Å². The SMILES string of the molecule is O=C(c1ncoc1-c1cccs1)N1CCN(c2ccncc2)CC1. The van der Waals surface area contributed by atoms with Crippen molar-refractivity contribution in [1.82, 2.24) is 14.9 Å². The van der Waals surface area contributed by atoms with Crippen molar-refractivity contribution >= 4 is 22.9 Å². The fourth-order valence-corrected chi connectivity index (χ4v) is 3.57. The minimum Gasteiger partial charge on any atom is -0.442 e. The lowest BCUT2D eigenvalue weighted by atomic mass is 10.2. The topological polar surface area (TPSA) is 62.5 Å². The van der Waals surface area contributed by atoms with E-state index in [0.717, 1.165) is 23.7 Å². The summed E-state index contributed by atoms with van der Waals surface area (Å²) >= 11 is 1.54. The molecule has 3 aromatic rings. The zero-order chi connectivity index (χ0) is 16.4. The van der Waals surface area contributed by atoms with Crippen LogP contribution in [-0.2, 0) is 0 Å². The average molecular weight is 340 g/mol. The highest BCUT2D eigenvalue weighted by Crippen LogP contribution is 2.28. The van der Waals surface area contributed by atoms with E-state index < -0.39 is 0 Å². The molecule has 4 heterocycles. The number of anilines is 1. The molecule has 1 fully saturated rings. The minimum absolute atomic E-state index is 0.0680. The Hall–Kier alpha value is -2.67. The lowest BCUT2D eigenvalue weighted by molar-refractivity contribution is 0.0742. The van der Waals surface area contributed by atoms with Crippen LogP contribution in [0.15, 0.2) is 52.9 Å². The smallest absolute Gasteiger partial charge is 0.276 e. The molecule has 122 valence electrons. The Morgan fingerprint density at radius 3 is 2.62 bits per heavy atom. The lowest BCUT2D eigenvalue weighted by Crippen LogP contribution is -2.49. The van der Waals surface area contributed by atoms with Crippen LogP contribution in [0.1, 0.15) is 10.5 Å². The number of aromatic nitrogens is 2. The van der Waals surface area contributed by atoms with Crippen molar-refractivity contribution in [3.63, 3.8) is 0 Å². The zero-order valence-corrected chi connectivity index (χ0v) is 13.8. The quantitative estimate of drug-likeness (QED) is 0.734. The predicted molar refractivity (Wildman–Crippen MR) is 92.2 cm³/mol. The number of carbonyl (C=O) groups is 1. The molecule has 3 aromatic heterocycles. The summed E-state index contributed by atoms with van der Waals surface area (Å²) in [5.74, 6) is 0.494. The van der Waals surface area contributed by atoms with Crippen molar-refractivity contribution in [3.05, 3.63) is 54.1 Å². The Morgan fingerprint density at radius 1 is 1.12 bits per heavy atom. The molecular formula is C17H16N4O2S. The fourth-order valence-electron chi connectivity index (χ4n) is 2.85. The molecule has 1 aliphatic heterocycles. The number of oxazole rings is 1. The standard InChI is InChI=1S/C17H16N4O2S/c22-17(15-16(23-12-19-15)14-2-1-11-24-14)21-9-7-20(8-10-21)13-3-5-18-6-4-13/h1-6,11-12H,7-10H2. The van der Waals surface area contributed by atoms with E-state index in [1.165, 1.54) is 17.7 Å². The molecule has 4 rings (SSSR count). The Bertz CT molecular complexity index is 808. The van der Waals surface area contributed by atoms with Gasteiger partial charge in [-0.2, -0.15) is 0 Å². The predicted octanol–water partition coefficient (Wildman–Crippen LogP) is 2.76. The highest BCUT2D eigenvalue weighted by atomic mass is 32.1. The Balaban J connectivity index is 1.47. The van der Waals surface area contributed by atoms with Gasteiger partial charge < -0.3 is 14.2 Å². The van der Waals surface area contributed by atoms with E-state index in [0.29, 0.717) is 24.5 Å². The first-order chi connectivity index (χ1) is 11.8. The molecule has 0 aliphatic carbocycles. The second kappa shape index (κ2) is 6.45. The number of piperazine rings is 1. The van der Waals surface area contributed by atoms with Crippen molar-refractivity contribution in [1.29, 1.82) is 0 Å². The van der Waals surface area contributed by atoms with Crippen LogP contribution in [0.4, 0.5) is 5.69 Å². The van der Waals surface area contributed by atoms with Crippen molar-refractivity contribution < 1.29 is 9.21 Å². The van der Waals surface area contributed by atoms with Gasteiger partial charge in [-0.15, -0.1) is 11.3 Å². The third-order valence-electron chi connectivity index (χ3n) is 4.11. The first-order valence-corrected chi connectivity index (χ1v) is 8.62. The van der Waals surface area contributed by atoms with Crippen molar-refractivity contribution in [2.45, 2.75) is 0 Å². The summed E-state index contributed by atoms with van der Waals surface area (Å²) in [6.07, 6.45) is 4.92. The van der Waals surface area contributed by atoms with E-state index in [2.05, 4.69) is 14.9 Å². The van der Waals surface area contributed by atoms with Gasteiger partial charge in [-0.25, -0.2) is 4.98 Å². The number of rotatable bonds is 3. The first-order valence-electron chi connectivity index (χ1n) is 7.74. The normalized spacial score (nSPS) is 14.8. The molecule has 0 saturated carbocycles. The highest BCUT2D eigenvalue weighted by molar-refractivity contribution is 7.13. The molecular weight excluding hydrogens is 324 g/mol. The molecule has 1 saturated heterocycles. The van der Waals surface area contributed by atoms with Crippen LogP contribution in [-0.4, -0.2) is 47.0 Å². The van der Waals surface area contributed by atoms with E-state index in [1.807, 2.05) is 34.5 Å². The molecule has 0 spiro atoms. The van der Waals surface area contributed by atoms with Crippen molar-refractivity contribution in [3.8, 4) is 10.6 Å². The second-order valence-electron chi connectivity index (χ2n) is 5.49. The van der Waals surface area contributed by atoms with Crippen LogP contribution in [0, 0.1) is 0 Å². The number of nitrogens with zero attached hydrogens (tertiary/aromatic N) is 4. The molecule has 1 aliphatic rings. The summed E-state index contributed by atoms with van der Waals surface area (Å²) in [6, 6.07) is 7.85. The summed E-state index contributed by atoms with van der Waals surface area (Å²) < 4.78 is 5.45. The molecule has 0 aromatic carbocycles. The minimum atomic E-state index is -0.0680. The maximum Gasteiger partial charge on any atom is 0.276 e. The van der Waals surface area contributed by atoms with Gasteiger partial charge in [0, 0.05) is 44.3 Å². The van der Waals surface area contributed by atoms with Gasteiger partial charge in [0.2, 0.25) is 0 Å². The summed E-state index contributed by atoms with van der Waals surface area (Å²) in [5.41, 5.74) is 1.53. The summed E-state index contributed by atoms with van der Waals surface area (Å²) in [5, 5.41) is 1.96. The van der Waals surface area contributed by atoms with Gasteiger partial charge in [-0.05, 0) is 23.6 Å². The highest BCUT2D eigenvalue weighted by Gasteiger charge is 2.27. The van der Waals surface area contributed by atoms with Gasteiger partial charge in [0.05, 0.1) is 4.88 Å². The summed E-state index contributed by atoms with van der Waals surface area (Å²) in [4.78, 5) is 26.0. The van der Waals surface area contributed by atoms with Crippen molar-refractivity contribution in [2.24, 2.45) is 0 Å². The van der Waals surface area contributed by atoms with Crippen LogP contribution in [0.25, 0.3) is 10.6 Å². The fraction of sp³-hybridized carbons (Fsp3) is 0.235. The molecule has 0 radical (unpaired) electrons. The van der Waals surface area contributed by atoms with Gasteiger partial charge >= 0.3 is 0 Å². The number of thiophene rings is 1. The monoisotopic (exact) mass is 340 g/mol. The third kappa shape index (κ3) is 2.78. The number of carbonyl (C=O) groups excluding carboxylic acids is 1. The zero-order valence-electron chi connectivity index (χ0n) is 13.0. The number of amides is 1. The molecule has 0 unspecified atom stereocenters. The maximum absolute atomic E-state index is 12.8. The van der Waals surface area contributed by atoms with E-state index >= 15 is 0 Å². The summed E-state index contributed by atoms with van der Waals surface area (Å²) in [7, 11) is 0. The maximum atomic E-state index is 12.8. The van der Waals surface area contributed by atoms with Gasteiger partial charge in [-0.3, -0.25) is 9.78 Å². The Morgan fingerprint density at radius 2 is 1.92 bits per heavy atom. The second-order valence-corrected chi connectivity index (χ2v) is 6.44. The number of pyridine rings is 1. The van der Waals surface area contributed by atoms with Gasteiger partial charge in [-0.1, -0.05) is 6.07 Å². The molecule has 6 nitrogen and oxygen atoms in total. The molecule has 24 heavy (non-hydrogen) atoms.